The Bertz CT molecular complexity index is 647. The van der Waals surface area contributed by atoms with Crippen LogP contribution in [0.2, 0.25) is 0 Å². The summed E-state index contributed by atoms with van der Waals surface area (Å²) in [4.78, 5) is 11.7. The lowest BCUT2D eigenvalue weighted by Gasteiger charge is -2.19. The summed E-state index contributed by atoms with van der Waals surface area (Å²) in [6.07, 6.45) is 0. The molecule has 0 bridgehead atoms. The quantitative estimate of drug-likeness (QED) is 0.277. The van der Waals surface area contributed by atoms with Crippen LogP contribution in [0.4, 0.5) is 0 Å². The summed E-state index contributed by atoms with van der Waals surface area (Å²) in [5, 5.41) is 0. The molecule has 6 nitrogen and oxygen atoms in total. The molecule has 0 aliphatic heterocycles. The molecule has 0 fully saturated rings. The molecule has 0 aliphatic carbocycles. The molecule has 8 heteroatoms. The van der Waals surface area contributed by atoms with Crippen molar-refractivity contribution in [1.82, 2.24) is 0 Å². The molecule has 0 spiro atoms. The summed E-state index contributed by atoms with van der Waals surface area (Å²) in [7, 11) is -2.74. The minimum absolute atomic E-state index is 0.163. The Labute approximate surface area is 153 Å². The van der Waals surface area contributed by atoms with Gasteiger partial charge in [0.25, 0.3) is 0 Å². The molecule has 0 N–H and O–H groups in total. The number of carbonyl (C=O) groups is 1. The largest absolute Gasteiger partial charge is 0.458 e. The van der Waals surface area contributed by atoms with E-state index in [1.54, 1.807) is 52.0 Å². The average Bonchev–Trinajstić information content (AvgIpc) is 2.44. The van der Waals surface area contributed by atoms with Gasteiger partial charge in [-0.2, -0.15) is 0 Å². The molecule has 1 atom stereocenters. The van der Waals surface area contributed by atoms with Crippen LogP contribution >= 0.6 is 10.8 Å². The van der Waals surface area contributed by atoms with E-state index in [0.29, 0.717) is 0 Å². The van der Waals surface area contributed by atoms with Gasteiger partial charge in [-0.25, -0.2) is 13.2 Å². The van der Waals surface area contributed by atoms with Crippen molar-refractivity contribution in [3.8, 4) is 0 Å². The minimum atomic E-state index is -3.48. The molecule has 1 unspecified atom stereocenters. The monoisotopic (exact) mass is 390 g/mol. The number of hydrogen-bond donors (Lipinski definition) is 0. The highest BCUT2D eigenvalue weighted by molar-refractivity contribution is 8.72. The highest BCUT2D eigenvalue weighted by atomic mass is 33.1. The molecule has 0 saturated heterocycles. The van der Waals surface area contributed by atoms with Crippen LogP contribution in [0.1, 0.15) is 33.3 Å². The van der Waals surface area contributed by atoms with Crippen molar-refractivity contribution in [2.75, 3.05) is 19.8 Å². The number of rotatable bonds is 9. The third-order valence-electron chi connectivity index (χ3n) is 2.79. The van der Waals surface area contributed by atoms with Crippen LogP contribution in [-0.4, -0.2) is 45.2 Å². The van der Waals surface area contributed by atoms with Crippen molar-refractivity contribution in [3.05, 3.63) is 29.8 Å². The van der Waals surface area contributed by atoms with E-state index in [2.05, 4.69) is 0 Å². The SMILES string of the molecule is Cc1ccc(S(=O)(=O)SC(C)OCCOCC(=O)OC(C)(C)C)cc1. The Morgan fingerprint density at radius 3 is 2.32 bits per heavy atom. The molecule has 0 heterocycles. The first kappa shape index (κ1) is 22.0. The third-order valence-corrected chi connectivity index (χ3v) is 6.45. The van der Waals surface area contributed by atoms with E-state index >= 15 is 0 Å². The van der Waals surface area contributed by atoms with E-state index in [4.69, 9.17) is 14.2 Å². The second-order valence-corrected chi connectivity index (χ2v) is 10.6. The summed E-state index contributed by atoms with van der Waals surface area (Å²) in [6.45, 7) is 9.08. The normalized spacial score (nSPS) is 13.5. The number of ether oxygens (including phenoxy) is 3. The first-order chi connectivity index (χ1) is 11.5. The zero-order valence-corrected chi connectivity index (χ0v) is 16.9. The smallest absolute Gasteiger partial charge is 0.332 e. The van der Waals surface area contributed by atoms with Crippen LogP contribution < -0.4 is 0 Å². The Kier molecular flexibility index (Phi) is 8.40. The average molecular weight is 391 g/mol. The lowest BCUT2D eigenvalue weighted by molar-refractivity contribution is -0.160. The fourth-order valence-electron chi connectivity index (χ4n) is 1.77. The Balaban J connectivity index is 2.30. The highest BCUT2D eigenvalue weighted by Crippen LogP contribution is 2.27. The maximum absolute atomic E-state index is 12.3. The fourth-order valence-corrected chi connectivity index (χ4v) is 4.76. The predicted octanol–water partition coefficient (Wildman–Crippen LogP) is 3.14. The number of benzene rings is 1. The topological polar surface area (TPSA) is 78.9 Å². The Morgan fingerprint density at radius 1 is 1.16 bits per heavy atom. The molecular weight excluding hydrogens is 364 g/mol. The number of hydrogen-bond acceptors (Lipinski definition) is 7. The maximum atomic E-state index is 12.3. The highest BCUT2D eigenvalue weighted by Gasteiger charge is 2.20. The van der Waals surface area contributed by atoms with E-state index in [9.17, 15) is 13.2 Å². The lowest BCUT2D eigenvalue weighted by atomic mass is 10.2. The molecule has 0 amide bonds. The van der Waals surface area contributed by atoms with Gasteiger partial charge in [-0.3, -0.25) is 0 Å². The second-order valence-electron chi connectivity index (χ2n) is 6.44. The fraction of sp³-hybridized carbons (Fsp3) is 0.588. The first-order valence-electron chi connectivity index (χ1n) is 7.91. The molecule has 1 rings (SSSR count). The van der Waals surface area contributed by atoms with Crippen molar-refractivity contribution >= 4 is 25.6 Å². The van der Waals surface area contributed by atoms with Crippen molar-refractivity contribution < 1.29 is 27.4 Å². The third kappa shape index (κ3) is 9.25. The standard InChI is InChI=1S/C17H26O6S2/c1-13-6-8-15(9-7-13)25(19,20)24-14(2)22-11-10-21-12-16(18)23-17(3,4)5/h6-9,14H,10-12H2,1-5H3. The van der Waals surface area contributed by atoms with E-state index in [-0.39, 0.29) is 24.7 Å². The Hall–Kier alpha value is -1.09. The predicted molar refractivity (Wildman–Crippen MR) is 98.0 cm³/mol. The summed E-state index contributed by atoms with van der Waals surface area (Å²) in [5.74, 6) is -0.447. The molecule has 25 heavy (non-hydrogen) atoms. The van der Waals surface area contributed by atoms with Crippen LogP contribution in [0.25, 0.3) is 0 Å². The first-order valence-corrected chi connectivity index (χ1v) is 10.8. The molecule has 1 aromatic carbocycles. The number of esters is 1. The van der Waals surface area contributed by atoms with E-state index in [1.165, 1.54) is 0 Å². The van der Waals surface area contributed by atoms with Gasteiger partial charge in [-0.1, -0.05) is 17.7 Å². The zero-order chi connectivity index (χ0) is 19.1. The molecule has 0 radical (unpaired) electrons. The molecule has 0 aromatic heterocycles. The van der Waals surface area contributed by atoms with Gasteiger partial charge in [0.05, 0.1) is 18.1 Å². The van der Waals surface area contributed by atoms with E-state index in [0.717, 1.165) is 16.4 Å². The molecular formula is C17H26O6S2. The van der Waals surface area contributed by atoms with Gasteiger partial charge >= 0.3 is 5.97 Å². The van der Waals surface area contributed by atoms with Crippen LogP contribution in [0.15, 0.2) is 29.2 Å². The lowest BCUT2D eigenvalue weighted by Crippen LogP contribution is -2.27. The summed E-state index contributed by atoms with van der Waals surface area (Å²) >= 11 is 0. The van der Waals surface area contributed by atoms with Gasteiger partial charge in [0.15, 0.2) is 0 Å². The van der Waals surface area contributed by atoms with Gasteiger partial charge in [0, 0.05) is 10.8 Å². The van der Waals surface area contributed by atoms with Gasteiger partial charge in [0.1, 0.15) is 17.6 Å². The van der Waals surface area contributed by atoms with Crippen molar-refractivity contribution in [3.63, 3.8) is 0 Å². The van der Waals surface area contributed by atoms with Crippen molar-refractivity contribution in [1.29, 1.82) is 0 Å². The summed E-state index contributed by atoms with van der Waals surface area (Å²) in [5.41, 5.74) is -0.112. The molecule has 0 saturated carbocycles. The van der Waals surface area contributed by atoms with Gasteiger partial charge in [0.2, 0.25) is 8.87 Å². The van der Waals surface area contributed by atoms with Crippen molar-refractivity contribution in [2.45, 2.75) is 50.6 Å². The van der Waals surface area contributed by atoms with Crippen LogP contribution in [0.3, 0.4) is 0 Å². The number of carbonyl (C=O) groups excluding carboxylic acids is 1. The van der Waals surface area contributed by atoms with Crippen LogP contribution in [0.5, 0.6) is 0 Å². The van der Waals surface area contributed by atoms with Crippen LogP contribution in [0, 0.1) is 6.92 Å². The molecule has 142 valence electrons. The van der Waals surface area contributed by atoms with E-state index in [1.807, 2.05) is 6.92 Å². The zero-order valence-electron chi connectivity index (χ0n) is 15.3. The number of aryl methyl sites for hydroxylation is 1. The second kappa shape index (κ2) is 9.56. The minimum Gasteiger partial charge on any atom is -0.458 e. The van der Waals surface area contributed by atoms with Crippen LogP contribution in [-0.2, 0) is 27.9 Å². The molecule has 1 aromatic rings. The van der Waals surface area contributed by atoms with E-state index < -0.39 is 25.9 Å². The summed E-state index contributed by atoms with van der Waals surface area (Å²) < 4.78 is 40.2. The molecule has 0 aliphatic rings. The van der Waals surface area contributed by atoms with Gasteiger partial charge in [-0.05, 0) is 46.8 Å². The maximum Gasteiger partial charge on any atom is 0.332 e. The van der Waals surface area contributed by atoms with Crippen molar-refractivity contribution in [2.24, 2.45) is 0 Å². The Morgan fingerprint density at radius 2 is 1.76 bits per heavy atom. The van der Waals surface area contributed by atoms with Gasteiger partial charge in [-0.15, -0.1) is 0 Å². The van der Waals surface area contributed by atoms with Gasteiger partial charge < -0.3 is 14.2 Å². The summed E-state index contributed by atoms with van der Waals surface area (Å²) in [6, 6.07) is 6.66.